The number of halogens is 1. The Balaban J connectivity index is 1.87. The minimum atomic E-state index is -3.62. The summed E-state index contributed by atoms with van der Waals surface area (Å²) in [6.07, 6.45) is 0. The molecule has 2 unspecified atom stereocenters. The average molecular weight is 401 g/mol. The molecule has 0 heterocycles. The molecule has 27 heavy (non-hydrogen) atoms. The molecule has 0 aromatic heterocycles. The van der Waals surface area contributed by atoms with Crippen LogP contribution >= 0.6 is 11.6 Å². The molecular weight excluding hydrogens is 380 g/mol. The van der Waals surface area contributed by atoms with Gasteiger partial charge in [0.1, 0.15) is 0 Å². The zero-order chi connectivity index (χ0) is 19.3. The fourth-order valence-corrected chi connectivity index (χ4v) is 4.42. The number of hydrogen-bond donors (Lipinski definition) is 2. The molecule has 0 saturated carbocycles. The maximum Gasteiger partial charge on any atom is 0.216 e. The Bertz CT molecular complexity index is 962. The van der Waals surface area contributed by atoms with E-state index >= 15 is 0 Å². The molecule has 0 bridgehead atoms. The first-order chi connectivity index (χ1) is 12.9. The summed E-state index contributed by atoms with van der Waals surface area (Å²) in [6.45, 7) is 0. The van der Waals surface area contributed by atoms with Crippen molar-refractivity contribution >= 4 is 21.6 Å². The van der Waals surface area contributed by atoms with Crippen molar-refractivity contribution in [1.82, 2.24) is 4.72 Å². The SMILES string of the molecule is NC(c1ccccc1)C(NS(=O)(=O)Cc1ccc(Cl)cc1)c1ccccc1. The Labute approximate surface area is 165 Å². The van der Waals surface area contributed by atoms with Crippen molar-refractivity contribution in [3.05, 3.63) is 107 Å². The Kier molecular flexibility index (Phi) is 6.29. The van der Waals surface area contributed by atoms with Crippen molar-refractivity contribution in [1.29, 1.82) is 0 Å². The van der Waals surface area contributed by atoms with Crippen LogP contribution in [-0.2, 0) is 15.8 Å². The maximum absolute atomic E-state index is 12.8. The van der Waals surface area contributed by atoms with Crippen LogP contribution in [0.25, 0.3) is 0 Å². The van der Waals surface area contributed by atoms with Crippen LogP contribution in [0, 0.1) is 0 Å². The van der Waals surface area contributed by atoms with Crippen LogP contribution in [0.2, 0.25) is 5.02 Å². The number of nitrogens with two attached hydrogens (primary N) is 1. The molecule has 0 aliphatic rings. The van der Waals surface area contributed by atoms with E-state index in [1.54, 1.807) is 24.3 Å². The third-order valence-corrected chi connectivity index (χ3v) is 5.86. The molecule has 0 spiro atoms. The van der Waals surface area contributed by atoms with E-state index < -0.39 is 22.1 Å². The Morgan fingerprint density at radius 2 is 1.33 bits per heavy atom. The summed E-state index contributed by atoms with van der Waals surface area (Å²) in [6, 6.07) is 24.5. The Morgan fingerprint density at radius 1 is 0.815 bits per heavy atom. The molecule has 3 rings (SSSR count). The number of benzene rings is 3. The lowest BCUT2D eigenvalue weighted by Gasteiger charge is -2.26. The van der Waals surface area contributed by atoms with Crippen LogP contribution in [0.1, 0.15) is 28.8 Å². The summed E-state index contributed by atoms with van der Waals surface area (Å²) in [5.41, 5.74) is 8.78. The van der Waals surface area contributed by atoms with Crippen LogP contribution in [-0.4, -0.2) is 8.42 Å². The predicted octanol–water partition coefficient (Wildman–Crippen LogP) is 4.20. The molecule has 3 aromatic rings. The van der Waals surface area contributed by atoms with Crippen molar-refractivity contribution in [3.8, 4) is 0 Å². The Hall–Kier alpha value is -2.18. The van der Waals surface area contributed by atoms with Crippen LogP contribution < -0.4 is 10.5 Å². The van der Waals surface area contributed by atoms with E-state index in [0.29, 0.717) is 10.6 Å². The minimum absolute atomic E-state index is 0.144. The predicted molar refractivity (Wildman–Crippen MR) is 110 cm³/mol. The first-order valence-corrected chi connectivity index (χ1v) is 10.6. The van der Waals surface area contributed by atoms with Crippen molar-refractivity contribution < 1.29 is 8.42 Å². The summed E-state index contributed by atoms with van der Waals surface area (Å²) in [4.78, 5) is 0. The normalized spacial score (nSPS) is 13.9. The van der Waals surface area contributed by atoms with Gasteiger partial charge in [0.2, 0.25) is 10.0 Å². The highest BCUT2D eigenvalue weighted by Crippen LogP contribution is 2.28. The summed E-state index contributed by atoms with van der Waals surface area (Å²) in [5.74, 6) is -0.144. The minimum Gasteiger partial charge on any atom is -0.322 e. The molecule has 4 nitrogen and oxygen atoms in total. The van der Waals surface area contributed by atoms with Gasteiger partial charge in [0.15, 0.2) is 0 Å². The summed E-state index contributed by atoms with van der Waals surface area (Å²) in [7, 11) is -3.62. The molecular formula is C21H21ClN2O2S. The lowest BCUT2D eigenvalue weighted by Crippen LogP contribution is -2.36. The smallest absolute Gasteiger partial charge is 0.216 e. The summed E-state index contributed by atoms with van der Waals surface area (Å²) >= 11 is 5.88. The van der Waals surface area contributed by atoms with Gasteiger partial charge in [0.05, 0.1) is 17.8 Å². The van der Waals surface area contributed by atoms with Crippen LogP contribution in [0.3, 0.4) is 0 Å². The van der Waals surface area contributed by atoms with E-state index in [0.717, 1.165) is 11.1 Å². The van der Waals surface area contributed by atoms with E-state index in [1.807, 2.05) is 60.7 Å². The number of sulfonamides is 1. The number of nitrogens with one attached hydrogen (secondary N) is 1. The van der Waals surface area contributed by atoms with Gasteiger partial charge in [0, 0.05) is 5.02 Å². The maximum atomic E-state index is 12.8. The fourth-order valence-electron chi connectivity index (χ4n) is 2.91. The molecule has 2 atom stereocenters. The summed E-state index contributed by atoms with van der Waals surface area (Å²) in [5, 5.41) is 0.567. The zero-order valence-electron chi connectivity index (χ0n) is 14.6. The third kappa shape index (κ3) is 5.40. The molecule has 0 aliphatic heterocycles. The van der Waals surface area contributed by atoms with Crippen molar-refractivity contribution in [2.24, 2.45) is 5.73 Å². The average Bonchev–Trinajstić information content (AvgIpc) is 2.69. The second kappa shape index (κ2) is 8.67. The van der Waals surface area contributed by atoms with Crippen LogP contribution in [0.5, 0.6) is 0 Å². The fraction of sp³-hybridized carbons (Fsp3) is 0.143. The first kappa shape index (κ1) is 19.6. The largest absolute Gasteiger partial charge is 0.322 e. The van der Waals surface area contributed by atoms with Gasteiger partial charge in [0.25, 0.3) is 0 Å². The van der Waals surface area contributed by atoms with Gasteiger partial charge in [-0.3, -0.25) is 0 Å². The van der Waals surface area contributed by atoms with Gasteiger partial charge in [-0.15, -0.1) is 0 Å². The highest BCUT2D eigenvalue weighted by Gasteiger charge is 2.26. The van der Waals surface area contributed by atoms with E-state index in [9.17, 15) is 8.42 Å². The van der Waals surface area contributed by atoms with E-state index in [-0.39, 0.29) is 5.75 Å². The molecule has 0 saturated heterocycles. The molecule has 0 fully saturated rings. The zero-order valence-corrected chi connectivity index (χ0v) is 16.2. The van der Waals surface area contributed by atoms with Gasteiger partial charge < -0.3 is 5.73 Å². The van der Waals surface area contributed by atoms with Gasteiger partial charge in [-0.25, -0.2) is 13.1 Å². The van der Waals surface area contributed by atoms with Crippen molar-refractivity contribution in [2.45, 2.75) is 17.8 Å². The van der Waals surface area contributed by atoms with E-state index in [4.69, 9.17) is 17.3 Å². The highest BCUT2D eigenvalue weighted by molar-refractivity contribution is 7.88. The first-order valence-electron chi connectivity index (χ1n) is 8.54. The lowest BCUT2D eigenvalue weighted by molar-refractivity contribution is 0.503. The molecule has 6 heteroatoms. The van der Waals surface area contributed by atoms with Crippen molar-refractivity contribution in [3.63, 3.8) is 0 Å². The topological polar surface area (TPSA) is 72.2 Å². The van der Waals surface area contributed by atoms with Crippen LogP contribution in [0.15, 0.2) is 84.9 Å². The van der Waals surface area contributed by atoms with Gasteiger partial charge >= 0.3 is 0 Å². The molecule has 3 N–H and O–H groups in total. The molecule has 0 amide bonds. The van der Waals surface area contributed by atoms with Gasteiger partial charge in [-0.2, -0.15) is 0 Å². The third-order valence-electron chi connectivity index (χ3n) is 4.28. The number of rotatable bonds is 7. The van der Waals surface area contributed by atoms with Crippen molar-refractivity contribution in [2.75, 3.05) is 0 Å². The second-order valence-electron chi connectivity index (χ2n) is 6.33. The van der Waals surface area contributed by atoms with E-state index in [1.165, 1.54) is 0 Å². The summed E-state index contributed by atoms with van der Waals surface area (Å²) < 4.78 is 28.4. The van der Waals surface area contributed by atoms with E-state index in [2.05, 4.69) is 4.72 Å². The highest BCUT2D eigenvalue weighted by atomic mass is 35.5. The molecule has 0 aliphatic carbocycles. The monoisotopic (exact) mass is 400 g/mol. The van der Waals surface area contributed by atoms with Gasteiger partial charge in [-0.05, 0) is 28.8 Å². The second-order valence-corrected chi connectivity index (χ2v) is 8.52. The van der Waals surface area contributed by atoms with Crippen LogP contribution in [0.4, 0.5) is 0 Å². The molecule has 140 valence electrons. The van der Waals surface area contributed by atoms with Gasteiger partial charge in [-0.1, -0.05) is 84.4 Å². The quantitative estimate of drug-likeness (QED) is 0.624. The lowest BCUT2D eigenvalue weighted by atomic mass is 9.95. The Morgan fingerprint density at radius 3 is 1.89 bits per heavy atom. The molecule has 0 radical (unpaired) electrons. The standard InChI is InChI=1S/C21H21ClN2O2S/c22-19-13-11-16(12-14-19)15-27(25,26)24-21(18-9-5-2-6-10-18)20(23)17-7-3-1-4-8-17/h1-14,20-21,24H,15,23H2. The number of hydrogen-bond acceptors (Lipinski definition) is 3. The molecule has 3 aromatic carbocycles.